The molecule has 2 atom stereocenters. The number of rotatable bonds is 4. The molecule has 1 aromatic rings. The summed E-state index contributed by atoms with van der Waals surface area (Å²) < 4.78 is 11.9. The number of ether oxygens (including phenoxy) is 2. The lowest BCUT2D eigenvalue weighted by Gasteiger charge is -2.33. The Labute approximate surface area is 133 Å². The van der Waals surface area contributed by atoms with Crippen LogP contribution in [0.4, 0.5) is 0 Å². The van der Waals surface area contributed by atoms with E-state index < -0.39 is 5.79 Å². The Morgan fingerprint density at radius 3 is 2.90 bits per heavy atom. The third-order valence-electron chi connectivity index (χ3n) is 3.51. The van der Waals surface area contributed by atoms with Gasteiger partial charge in [-0.05, 0) is 12.1 Å². The average Bonchev–Trinajstić information content (AvgIpc) is 3.09. The highest BCUT2D eigenvalue weighted by Crippen LogP contribution is 2.39. The van der Waals surface area contributed by atoms with Gasteiger partial charge in [0.15, 0.2) is 0 Å². The quantitative estimate of drug-likeness (QED) is 0.882. The molecule has 0 bridgehead atoms. The molecule has 2 heterocycles. The Morgan fingerprint density at radius 2 is 2.29 bits per heavy atom. The highest BCUT2D eigenvalue weighted by Gasteiger charge is 2.45. The molecule has 114 valence electrons. The van der Waals surface area contributed by atoms with Crippen molar-refractivity contribution in [1.29, 1.82) is 0 Å². The van der Waals surface area contributed by atoms with Crippen molar-refractivity contribution in [2.24, 2.45) is 0 Å². The van der Waals surface area contributed by atoms with E-state index in [2.05, 4.69) is 5.32 Å². The van der Waals surface area contributed by atoms with Crippen molar-refractivity contribution in [2.75, 3.05) is 26.4 Å². The van der Waals surface area contributed by atoms with Gasteiger partial charge in [-0.2, -0.15) is 0 Å². The number of aliphatic hydroxyl groups excluding tert-OH is 1. The van der Waals surface area contributed by atoms with Crippen LogP contribution in [0, 0.1) is 0 Å². The fraction of sp³-hybridized carbons (Fsp3) is 0.429. The fourth-order valence-electron chi connectivity index (χ4n) is 2.52. The topological polar surface area (TPSA) is 54.0 Å². The minimum atomic E-state index is -1.01. The molecule has 2 N–H and O–H groups in total. The van der Waals surface area contributed by atoms with Crippen LogP contribution in [-0.4, -0.2) is 42.5 Å². The standard InChI is InChI=1S/C14H16Cl2N2O3/c15-10-1-2-12(13(16)5-10)14(8-18-4-3-17-9-18)20-7-11(6-19)21-14/h1-5,11,17,19H,6-9H2/t11-,14-/m0/s1. The molecule has 1 fully saturated rings. The Kier molecular flexibility index (Phi) is 4.28. The van der Waals surface area contributed by atoms with Crippen LogP contribution < -0.4 is 5.32 Å². The van der Waals surface area contributed by atoms with Crippen LogP contribution in [0.3, 0.4) is 0 Å². The summed E-state index contributed by atoms with van der Waals surface area (Å²) in [5.41, 5.74) is 0.713. The van der Waals surface area contributed by atoms with Gasteiger partial charge in [0.05, 0.1) is 31.4 Å². The number of nitrogens with one attached hydrogen (secondary N) is 1. The van der Waals surface area contributed by atoms with Crippen molar-refractivity contribution in [3.8, 4) is 0 Å². The molecule has 5 nitrogen and oxygen atoms in total. The Morgan fingerprint density at radius 1 is 1.43 bits per heavy atom. The predicted molar refractivity (Wildman–Crippen MR) is 79.9 cm³/mol. The molecule has 0 spiro atoms. The van der Waals surface area contributed by atoms with E-state index in [0.717, 1.165) is 0 Å². The lowest BCUT2D eigenvalue weighted by Crippen LogP contribution is -2.41. The number of halogens is 2. The van der Waals surface area contributed by atoms with E-state index in [-0.39, 0.29) is 12.7 Å². The number of benzene rings is 1. The van der Waals surface area contributed by atoms with Crippen LogP contribution in [0.2, 0.25) is 10.0 Å². The molecule has 0 aliphatic carbocycles. The molecular weight excluding hydrogens is 315 g/mol. The van der Waals surface area contributed by atoms with Crippen LogP contribution in [0.5, 0.6) is 0 Å². The zero-order valence-corrected chi connectivity index (χ0v) is 12.8. The molecule has 1 saturated heterocycles. The maximum atomic E-state index is 9.32. The van der Waals surface area contributed by atoms with E-state index in [0.29, 0.717) is 35.4 Å². The summed E-state index contributed by atoms with van der Waals surface area (Å²) in [6.07, 6.45) is 3.41. The maximum Gasteiger partial charge on any atom is 0.215 e. The first-order chi connectivity index (χ1) is 10.1. The number of aliphatic hydroxyl groups is 1. The number of nitrogens with zero attached hydrogens (tertiary/aromatic N) is 1. The van der Waals surface area contributed by atoms with Crippen LogP contribution >= 0.6 is 23.2 Å². The summed E-state index contributed by atoms with van der Waals surface area (Å²) in [6.45, 7) is 1.36. The van der Waals surface area contributed by atoms with Crippen molar-refractivity contribution in [2.45, 2.75) is 11.9 Å². The predicted octanol–water partition coefficient (Wildman–Crippen LogP) is 1.89. The monoisotopic (exact) mass is 330 g/mol. The molecular formula is C14H16Cl2N2O3. The van der Waals surface area contributed by atoms with Gasteiger partial charge >= 0.3 is 0 Å². The molecule has 3 rings (SSSR count). The van der Waals surface area contributed by atoms with Gasteiger partial charge in [0.1, 0.15) is 6.10 Å². The summed E-state index contributed by atoms with van der Waals surface area (Å²) in [6, 6.07) is 5.22. The van der Waals surface area contributed by atoms with E-state index >= 15 is 0 Å². The molecule has 0 aromatic heterocycles. The maximum absolute atomic E-state index is 9.32. The van der Waals surface area contributed by atoms with Crippen molar-refractivity contribution in [3.05, 3.63) is 46.2 Å². The van der Waals surface area contributed by atoms with Crippen LogP contribution in [0.15, 0.2) is 30.6 Å². The summed E-state index contributed by atoms with van der Waals surface area (Å²) in [7, 11) is 0. The van der Waals surface area contributed by atoms with Gasteiger partial charge in [-0.1, -0.05) is 29.3 Å². The second-order valence-corrected chi connectivity index (χ2v) is 5.88. The lowest BCUT2D eigenvalue weighted by molar-refractivity contribution is -0.188. The molecule has 0 radical (unpaired) electrons. The zero-order valence-electron chi connectivity index (χ0n) is 11.3. The second-order valence-electron chi connectivity index (χ2n) is 5.04. The Hall–Kier alpha value is -0.980. The SMILES string of the molecule is OC[C@H]1CO[C@](CN2C=CNC2)(c2ccc(Cl)cc2Cl)O1. The number of hydrogen-bond acceptors (Lipinski definition) is 5. The lowest BCUT2D eigenvalue weighted by atomic mass is 10.1. The molecule has 21 heavy (non-hydrogen) atoms. The molecule has 7 heteroatoms. The first-order valence-electron chi connectivity index (χ1n) is 6.65. The fourth-order valence-corrected chi connectivity index (χ4v) is 3.07. The van der Waals surface area contributed by atoms with Crippen LogP contribution in [0.25, 0.3) is 0 Å². The normalized spacial score (nSPS) is 28.1. The minimum Gasteiger partial charge on any atom is -0.394 e. The Balaban J connectivity index is 1.93. The molecule has 2 aliphatic heterocycles. The van der Waals surface area contributed by atoms with Gasteiger partial charge in [-0.15, -0.1) is 0 Å². The van der Waals surface area contributed by atoms with Crippen molar-refractivity contribution < 1.29 is 14.6 Å². The van der Waals surface area contributed by atoms with Crippen molar-refractivity contribution >= 4 is 23.2 Å². The van der Waals surface area contributed by atoms with E-state index in [1.165, 1.54) is 0 Å². The third kappa shape index (κ3) is 2.98. The van der Waals surface area contributed by atoms with Gasteiger partial charge in [0.2, 0.25) is 5.79 Å². The van der Waals surface area contributed by atoms with E-state index in [1.807, 2.05) is 17.3 Å². The van der Waals surface area contributed by atoms with Crippen molar-refractivity contribution in [1.82, 2.24) is 10.2 Å². The largest absolute Gasteiger partial charge is 0.394 e. The highest BCUT2D eigenvalue weighted by atomic mass is 35.5. The van der Waals surface area contributed by atoms with Crippen molar-refractivity contribution in [3.63, 3.8) is 0 Å². The molecule has 2 aliphatic rings. The summed E-state index contributed by atoms with van der Waals surface area (Å²) in [4.78, 5) is 2.02. The van der Waals surface area contributed by atoms with E-state index in [9.17, 15) is 5.11 Å². The van der Waals surface area contributed by atoms with E-state index in [4.69, 9.17) is 32.7 Å². The van der Waals surface area contributed by atoms with Gasteiger partial charge in [-0.25, -0.2) is 0 Å². The van der Waals surface area contributed by atoms with Gasteiger partial charge in [-0.3, -0.25) is 0 Å². The number of hydrogen-bond donors (Lipinski definition) is 2. The molecule has 0 unspecified atom stereocenters. The molecule has 1 aromatic carbocycles. The summed E-state index contributed by atoms with van der Waals surface area (Å²) in [5.74, 6) is -1.01. The average molecular weight is 331 g/mol. The zero-order chi connectivity index (χ0) is 14.9. The summed E-state index contributed by atoms with van der Waals surface area (Å²) in [5, 5.41) is 13.5. The molecule has 0 amide bonds. The van der Waals surface area contributed by atoms with Gasteiger partial charge in [0.25, 0.3) is 0 Å². The first kappa shape index (κ1) is 14.9. The second kappa shape index (κ2) is 6.02. The van der Waals surface area contributed by atoms with Gasteiger partial charge < -0.3 is 24.8 Å². The Bertz CT molecular complexity index is 555. The highest BCUT2D eigenvalue weighted by molar-refractivity contribution is 6.35. The summed E-state index contributed by atoms with van der Waals surface area (Å²) >= 11 is 12.3. The molecule has 0 saturated carbocycles. The van der Waals surface area contributed by atoms with Crippen LogP contribution in [0.1, 0.15) is 5.56 Å². The third-order valence-corrected chi connectivity index (χ3v) is 4.06. The van der Waals surface area contributed by atoms with Gasteiger partial charge in [0, 0.05) is 23.0 Å². The first-order valence-corrected chi connectivity index (χ1v) is 7.41. The smallest absolute Gasteiger partial charge is 0.215 e. The minimum absolute atomic E-state index is 0.0962. The van der Waals surface area contributed by atoms with E-state index in [1.54, 1.807) is 18.2 Å². The van der Waals surface area contributed by atoms with Crippen LogP contribution in [-0.2, 0) is 15.3 Å².